The summed E-state index contributed by atoms with van der Waals surface area (Å²) in [4.78, 5) is 46.6. The molecular formula is C20H17N3O7. The number of nitro groups is 1. The van der Waals surface area contributed by atoms with Crippen LogP contribution in [0.3, 0.4) is 0 Å². The summed E-state index contributed by atoms with van der Waals surface area (Å²) in [5.41, 5.74) is 0.746. The van der Waals surface area contributed by atoms with Crippen LogP contribution < -0.4 is 0 Å². The van der Waals surface area contributed by atoms with Gasteiger partial charge in [0.25, 0.3) is 11.6 Å². The number of carbonyl (C=O) groups is 3. The van der Waals surface area contributed by atoms with Gasteiger partial charge < -0.3 is 9.47 Å². The fourth-order valence-electron chi connectivity index (χ4n) is 2.83. The maximum absolute atomic E-state index is 12.3. The normalized spacial score (nSPS) is 12.8. The van der Waals surface area contributed by atoms with Gasteiger partial charge in [-0.1, -0.05) is 30.3 Å². The van der Waals surface area contributed by atoms with E-state index >= 15 is 0 Å². The number of non-ortho nitro benzene ring substituents is 1. The summed E-state index contributed by atoms with van der Waals surface area (Å²) in [5.74, 6) is -2.36. The minimum Gasteiger partial charge on any atom is -0.465 e. The van der Waals surface area contributed by atoms with Crippen LogP contribution in [0.15, 0.2) is 53.6 Å². The van der Waals surface area contributed by atoms with Crippen molar-refractivity contribution in [2.45, 2.75) is 6.42 Å². The van der Waals surface area contributed by atoms with Crippen LogP contribution in [0.25, 0.3) is 0 Å². The first-order valence-electron chi connectivity index (χ1n) is 8.87. The van der Waals surface area contributed by atoms with Crippen LogP contribution in [0.4, 0.5) is 5.69 Å². The molecule has 10 nitrogen and oxygen atoms in total. The van der Waals surface area contributed by atoms with Crippen molar-refractivity contribution in [1.29, 1.82) is 0 Å². The molecule has 0 aromatic heterocycles. The molecule has 0 fully saturated rings. The van der Waals surface area contributed by atoms with Gasteiger partial charge in [0.15, 0.2) is 6.61 Å². The number of amides is 1. The molecule has 0 N–H and O–H groups in total. The van der Waals surface area contributed by atoms with Crippen LogP contribution in [0.1, 0.15) is 32.7 Å². The van der Waals surface area contributed by atoms with Crippen LogP contribution in [-0.4, -0.2) is 53.8 Å². The van der Waals surface area contributed by atoms with Crippen molar-refractivity contribution in [1.82, 2.24) is 5.01 Å². The largest absolute Gasteiger partial charge is 0.465 e. The number of hydrazone groups is 1. The number of hydrogen-bond acceptors (Lipinski definition) is 8. The fourth-order valence-corrected chi connectivity index (χ4v) is 2.83. The highest BCUT2D eigenvalue weighted by Gasteiger charge is 2.24. The maximum Gasteiger partial charge on any atom is 0.338 e. The molecule has 1 aliphatic heterocycles. The average molecular weight is 411 g/mol. The van der Waals surface area contributed by atoms with Crippen LogP contribution >= 0.6 is 0 Å². The summed E-state index contributed by atoms with van der Waals surface area (Å²) in [7, 11) is 1.11. The van der Waals surface area contributed by atoms with Crippen LogP contribution in [0, 0.1) is 10.1 Å². The number of rotatable bonds is 6. The molecular weight excluding hydrogens is 394 g/mol. The van der Waals surface area contributed by atoms with Crippen molar-refractivity contribution in [2.75, 3.05) is 20.3 Å². The molecule has 154 valence electrons. The Hall–Kier alpha value is -4.08. The van der Waals surface area contributed by atoms with Gasteiger partial charge in [-0.15, -0.1) is 0 Å². The minimum absolute atomic E-state index is 0.179. The topological polar surface area (TPSA) is 128 Å². The van der Waals surface area contributed by atoms with Gasteiger partial charge in [0.1, 0.15) is 0 Å². The van der Waals surface area contributed by atoms with Crippen LogP contribution in [0.5, 0.6) is 0 Å². The Labute approximate surface area is 170 Å². The molecule has 30 heavy (non-hydrogen) atoms. The first-order chi connectivity index (χ1) is 14.4. The van der Waals surface area contributed by atoms with Gasteiger partial charge in [-0.25, -0.2) is 14.6 Å². The average Bonchev–Trinajstić information content (AvgIpc) is 3.27. The Bertz CT molecular complexity index is 1030. The lowest BCUT2D eigenvalue weighted by Crippen LogP contribution is -2.28. The highest BCUT2D eigenvalue weighted by molar-refractivity contribution is 6.03. The van der Waals surface area contributed by atoms with E-state index in [9.17, 15) is 24.5 Å². The Kier molecular flexibility index (Phi) is 6.16. The molecule has 1 heterocycles. The summed E-state index contributed by atoms with van der Waals surface area (Å²) >= 11 is 0. The number of esters is 2. The van der Waals surface area contributed by atoms with Gasteiger partial charge in [-0.2, -0.15) is 5.10 Å². The second kappa shape index (κ2) is 8.95. The van der Waals surface area contributed by atoms with E-state index in [0.29, 0.717) is 13.0 Å². The van der Waals surface area contributed by atoms with E-state index in [1.54, 1.807) is 0 Å². The van der Waals surface area contributed by atoms with Crippen molar-refractivity contribution in [2.24, 2.45) is 5.10 Å². The molecule has 0 atom stereocenters. The van der Waals surface area contributed by atoms with Crippen molar-refractivity contribution < 1.29 is 28.8 Å². The van der Waals surface area contributed by atoms with Crippen molar-refractivity contribution >= 4 is 29.2 Å². The van der Waals surface area contributed by atoms with Gasteiger partial charge in [0.05, 0.1) is 35.4 Å². The van der Waals surface area contributed by atoms with Gasteiger partial charge in [-0.3, -0.25) is 14.9 Å². The fraction of sp³-hybridized carbons (Fsp3) is 0.200. The summed E-state index contributed by atoms with van der Waals surface area (Å²) in [5, 5.41) is 16.5. The summed E-state index contributed by atoms with van der Waals surface area (Å²) < 4.78 is 9.50. The van der Waals surface area contributed by atoms with Crippen molar-refractivity contribution in [3.05, 3.63) is 75.3 Å². The lowest BCUT2D eigenvalue weighted by molar-refractivity contribution is -0.384. The Morgan fingerprint density at radius 3 is 2.40 bits per heavy atom. The standard InChI is InChI=1S/C20H17N3O7/c1-29-19(25)14-9-15(11-16(10-14)23(27)28)20(26)30-12-18(24)22-8-7-17(21-22)13-5-3-2-4-6-13/h2-6,9-11H,7-8,12H2,1H3. The molecule has 1 aliphatic rings. The number of methoxy groups -OCH3 is 1. The molecule has 10 heteroatoms. The molecule has 0 spiro atoms. The summed E-state index contributed by atoms with van der Waals surface area (Å²) in [6, 6.07) is 12.4. The number of nitro benzene ring substituents is 1. The van der Waals surface area contributed by atoms with E-state index in [4.69, 9.17) is 4.74 Å². The Morgan fingerprint density at radius 1 is 1.10 bits per heavy atom. The minimum atomic E-state index is -0.983. The lowest BCUT2D eigenvalue weighted by atomic mass is 10.1. The molecule has 0 radical (unpaired) electrons. The van der Waals surface area contributed by atoms with Gasteiger partial charge in [0.2, 0.25) is 0 Å². The van der Waals surface area contributed by atoms with Crippen LogP contribution in [0.2, 0.25) is 0 Å². The molecule has 3 rings (SSSR count). The molecule has 0 bridgehead atoms. The SMILES string of the molecule is COC(=O)c1cc(C(=O)OCC(=O)N2CCC(c3ccccc3)=N2)cc([N+](=O)[O-])c1. The van der Waals surface area contributed by atoms with E-state index in [2.05, 4.69) is 9.84 Å². The van der Waals surface area contributed by atoms with Crippen molar-refractivity contribution in [3.63, 3.8) is 0 Å². The number of hydrogen-bond donors (Lipinski definition) is 0. The molecule has 0 saturated heterocycles. The lowest BCUT2D eigenvalue weighted by Gasteiger charge is -2.11. The third kappa shape index (κ3) is 4.66. The molecule has 0 unspecified atom stereocenters. The molecule has 2 aromatic carbocycles. The van der Waals surface area contributed by atoms with E-state index in [-0.39, 0.29) is 11.1 Å². The Balaban J connectivity index is 1.67. The zero-order valence-electron chi connectivity index (χ0n) is 15.9. The maximum atomic E-state index is 12.3. The molecule has 0 aliphatic carbocycles. The van der Waals surface area contributed by atoms with Gasteiger partial charge >= 0.3 is 11.9 Å². The predicted molar refractivity (Wildman–Crippen MR) is 104 cm³/mol. The number of carbonyl (C=O) groups excluding carboxylic acids is 3. The zero-order valence-corrected chi connectivity index (χ0v) is 15.9. The number of benzene rings is 2. The second-order valence-electron chi connectivity index (χ2n) is 6.27. The van der Waals surface area contributed by atoms with E-state index in [1.807, 2.05) is 30.3 Å². The highest BCUT2D eigenvalue weighted by atomic mass is 16.6. The third-order valence-electron chi connectivity index (χ3n) is 4.31. The van der Waals surface area contributed by atoms with Gasteiger partial charge in [0, 0.05) is 18.6 Å². The predicted octanol–water partition coefficient (Wildman–Crippen LogP) is 2.17. The molecule has 0 saturated carbocycles. The van der Waals surface area contributed by atoms with Crippen LogP contribution in [-0.2, 0) is 14.3 Å². The van der Waals surface area contributed by atoms with Crippen molar-refractivity contribution in [3.8, 4) is 0 Å². The van der Waals surface area contributed by atoms with Gasteiger partial charge in [-0.05, 0) is 11.6 Å². The van der Waals surface area contributed by atoms with E-state index < -0.39 is 35.1 Å². The third-order valence-corrected chi connectivity index (χ3v) is 4.31. The highest BCUT2D eigenvalue weighted by Crippen LogP contribution is 2.19. The number of nitrogens with zero attached hydrogens (tertiary/aromatic N) is 3. The Morgan fingerprint density at radius 2 is 1.77 bits per heavy atom. The van der Waals surface area contributed by atoms with E-state index in [0.717, 1.165) is 36.6 Å². The smallest absolute Gasteiger partial charge is 0.338 e. The quantitative estimate of drug-likeness (QED) is 0.405. The first kappa shape index (κ1) is 20.6. The zero-order chi connectivity index (χ0) is 21.7. The second-order valence-corrected chi connectivity index (χ2v) is 6.27. The van der Waals surface area contributed by atoms with E-state index in [1.165, 1.54) is 5.01 Å². The first-order valence-corrected chi connectivity index (χ1v) is 8.87. The monoisotopic (exact) mass is 411 g/mol. The molecule has 2 aromatic rings. The molecule has 1 amide bonds. The summed E-state index contributed by atoms with van der Waals surface area (Å²) in [6.07, 6.45) is 0.567. The number of ether oxygens (including phenoxy) is 2. The summed E-state index contributed by atoms with van der Waals surface area (Å²) in [6.45, 7) is -0.245.